The molecule has 2 aromatic carbocycles. The molecule has 0 saturated heterocycles. The van der Waals surface area contributed by atoms with Crippen LogP contribution in [0.1, 0.15) is 10.4 Å². The van der Waals surface area contributed by atoms with Gasteiger partial charge < -0.3 is 15.0 Å². The van der Waals surface area contributed by atoms with Gasteiger partial charge in [-0.25, -0.2) is 13.1 Å². The molecule has 1 amide bonds. The summed E-state index contributed by atoms with van der Waals surface area (Å²) in [6.07, 6.45) is 6.41. The van der Waals surface area contributed by atoms with Crippen molar-refractivity contribution in [1.82, 2.24) is 25.0 Å². The second-order valence-corrected chi connectivity index (χ2v) is 10.4. The first-order valence-electron chi connectivity index (χ1n) is 11.6. The highest BCUT2D eigenvalue weighted by Gasteiger charge is 2.17. The van der Waals surface area contributed by atoms with Crippen molar-refractivity contribution in [3.8, 4) is 28.1 Å². The van der Waals surface area contributed by atoms with Gasteiger partial charge in [0.25, 0.3) is 5.91 Å². The molecule has 0 aliphatic heterocycles. The van der Waals surface area contributed by atoms with Crippen molar-refractivity contribution < 1.29 is 17.9 Å². The summed E-state index contributed by atoms with van der Waals surface area (Å²) < 4.78 is 30.4. The summed E-state index contributed by atoms with van der Waals surface area (Å²) in [5, 5.41) is 4.71. The number of nitrogens with one attached hydrogen (secondary N) is 3. The second-order valence-electron chi connectivity index (χ2n) is 8.55. The van der Waals surface area contributed by atoms with E-state index < -0.39 is 10.0 Å². The van der Waals surface area contributed by atoms with Gasteiger partial charge in [0.05, 0.1) is 30.8 Å². The van der Waals surface area contributed by atoms with Gasteiger partial charge in [-0.2, -0.15) is 0 Å². The molecule has 0 radical (unpaired) electrons. The molecule has 5 aromatic rings. The summed E-state index contributed by atoms with van der Waals surface area (Å²) in [6, 6.07) is 17.0. The summed E-state index contributed by atoms with van der Waals surface area (Å²) in [6.45, 7) is 0.307. The highest BCUT2D eigenvalue weighted by molar-refractivity contribution is 7.88. The number of methoxy groups -OCH3 is 1. The van der Waals surface area contributed by atoms with Gasteiger partial charge in [-0.1, -0.05) is 12.1 Å². The molecule has 3 N–H and O–H groups in total. The summed E-state index contributed by atoms with van der Waals surface area (Å²) >= 11 is 0. The Hall–Kier alpha value is -4.28. The van der Waals surface area contributed by atoms with Gasteiger partial charge in [-0.15, -0.1) is 0 Å². The predicted octanol–water partition coefficient (Wildman–Crippen LogP) is 3.73. The molecule has 188 valence electrons. The smallest absolute Gasteiger partial charge is 0.251 e. The number of hydrogen-bond donors (Lipinski definition) is 3. The molecule has 0 spiro atoms. The molecule has 10 heteroatoms. The number of sulfonamides is 1. The van der Waals surface area contributed by atoms with Crippen LogP contribution in [0.5, 0.6) is 5.75 Å². The zero-order valence-corrected chi connectivity index (χ0v) is 21.1. The SMILES string of the molecule is COc1ccc2[nH]c3cnc(-c4cccnc4)cc3c2c1-c1ccc(C(=O)NCCNS(C)(=O)=O)cc1. The molecule has 37 heavy (non-hydrogen) atoms. The molecule has 0 fully saturated rings. The van der Waals surface area contributed by atoms with Crippen LogP contribution in [0.3, 0.4) is 0 Å². The van der Waals surface area contributed by atoms with Gasteiger partial charge in [-0.05, 0) is 48.0 Å². The van der Waals surface area contributed by atoms with Crippen LogP contribution in [0.15, 0.2) is 73.2 Å². The van der Waals surface area contributed by atoms with Gasteiger partial charge in [0.1, 0.15) is 5.75 Å². The summed E-state index contributed by atoms with van der Waals surface area (Å²) in [5.41, 5.74) is 5.83. The Bertz CT molecular complexity index is 1700. The Kier molecular flexibility index (Phi) is 6.60. The third kappa shape index (κ3) is 5.16. The highest BCUT2D eigenvalue weighted by atomic mass is 32.2. The van der Waals surface area contributed by atoms with Crippen LogP contribution in [-0.4, -0.2) is 55.7 Å². The van der Waals surface area contributed by atoms with Crippen molar-refractivity contribution in [2.45, 2.75) is 0 Å². The lowest BCUT2D eigenvalue weighted by atomic mass is 9.97. The van der Waals surface area contributed by atoms with Crippen LogP contribution in [0.25, 0.3) is 44.2 Å². The van der Waals surface area contributed by atoms with E-state index in [9.17, 15) is 13.2 Å². The van der Waals surface area contributed by atoms with Crippen molar-refractivity contribution in [3.63, 3.8) is 0 Å². The van der Waals surface area contributed by atoms with Crippen LogP contribution in [0.4, 0.5) is 0 Å². The molecule has 0 bridgehead atoms. The van der Waals surface area contributed by atoms with Crippen LogP contribution in [0.2, 0.25) is 0 Å². The number of fused-ring (bicyclic) bond motifs is 3. The first kappa shape index (κ1) is 24.4. The number of H-pyrrole nitrogens is 1. The number of nitrogens with zero attached hydrogens (tertiary/aromatic N) is 2. The van der Waals surface area contributed by atoms with Crippen molar-refractivity contribution in [1.29, 1.82) is 0 Å². The second kappa shape index (κ2) is 10.00. The number of amides is 1. The summed E-state index contributed by atoms with van der Waals surface area (Å²) in [5.74, 6) is 0.420. The van der Waals surface area contributed by atoms with Gasteiger partial charge in [0.2, 0.25) is 10.0 Å². The maximum Gasteiger partial charge on any atom is 0.251 e. The predicted molar refractivity (Wildman–Crippen MR) is 144 cm³/mol. The standard InChI is InChI=1S/C27H25N5O4S/c1-36-24-10-9-21-26(20-14-22(30-16-23(20)32-21)19-4-3-11-28-15-19)25(24)17-5-7-18(8-6-17)27(33)29-12-13-31-37(2,34)35/h3-11,14-16,31-32H,12-13H2,1-2H3,(H,29,33). The monoisotopic (exact) mass is 515 g/mol. The minimum atomic E-state index is -3.30. The fourth-order valence-corrected chi connectivity index (χ4v) is 4.78. The normalized spacial score (nSPS) is 11.6. The van der Waals surface area contributed by atoms with Crippen LogP contribution in [-0.2, 0) is 10.0 Å². The van der Waals surface area contributed by atoms with E-state index in [1.165, 1.54) is 0 Å². The Morgan fingerprint density at radius 3 is 2.51 bits per heavy atom. The lowest BCUT2D eigenvalue weighted by molar-refractivity contribution is 0.0954. The third-order valence-electron chi connectivity index (χ3n) is 6.00. The number of carbonyl (C=O) groups is 1. The quantitative estimate of drug-likeness (QED) is 0.270. The van der Waals surface area contributed by atoms with Crippen LogP contribution < -0.4 is 14.8 Å². The minimum absolute atomic E-state index is 0.123. The maximum absolute atomic E-state index is 12.5. The number of aromatic amines is 1. The first-order valence-corrected chi connectivity index (χ1v) is 13.5. The third-order valence-corrected chi connectivity index (χ3v) is 6.73. The average Bonchev–Trinajstić information content (AvgIpc) is 3.28. The fourth-order valence-electron chi connectivity index (χ4n) is 4.31. The summed E-state index contributed by atoms with van der Waals surface area (Å²) in [7, 11) is -1.67. The average molecular weight is 516 g/mol. The Labute approximate surface area is 214 Å². The van der Waals surface area contributed by atoms with Crippen molar-refractivity contribution in [3.05, 3.63) is 78.8 Å². The van der Waals surface area contributed by atoms with Gasteiger partial charge >= 0.3 is 0 Å². The number of pyridine rings is 2. The van der Waals surface area contributed by atoms with Crippen LogP contribution in [0, 0.1) is 0 Å². The molecular weight excluding hydrogens is 490 g/mol. The van der Waals surface area contributed by atoms with Crippen LogP contribution >= 0.6 is 0 Å². The fraction of sp³-hybridized carbons (Fsp3) is 0.148. The van der Waals surface area contributed by atoms with E-state index in [-0.39, 0.29) is 19.0 Å². The summed E-state index contributed by atoms with van der Waals surface area (Å²) in [4.78, 5) is 24.8. The van der Waals surface area contributed by atoms with Crippen molar-refractivity contribution in [2.24, 2.45) is 0 Å². The number of carbonyl (C=O) groups excluding carboxylic acids is 1. The molecule has 0 unspecified atom stereocenters. The zero-order chi connectivity index (χ0) is 26.0. The van der Waals surface area contributed by atoms with Gasteiger partial charge in [0, 0.05) is 58.5 Å². The molecule has 3 heterocycles. The molecular formula is C27H25N5O4S. The molecule has 3 aromatic heterocycles. The number of benzene rings is 2. The van der Waals surface area contributed by atoms with E-state index in [4.69, 9.17) is 4.74 Å². The van der Waals surface area contributed by atoms with Gasteiger partial charge in [0.15, 0.2) is 0 Å². The first-order chi connectivity index (χ1) is 17.8. The number of rotatable bonds is 8. The molecule has 0 saturated carbocycles. The largest absolute Gasteiger partial charge is 0.496 e. The van der Waals surface area contributed by atoms with E-state index in [1.54, 1.807) is 31.6 Å². The Morgan fingerprint density at radius 1 is 1.00 bits per heavy atom. The van der Waals surface area contributed by atoms with Crippen molar-refractivity contribution in [2.75, 3.05) is 26.5 Å². The maximum atomic E-state index is 12.5. The molecule has 0 atom stereocenters. The number of aromatic nitrogens is 3. The molecule has 5 rings (SSSR count). The minimum Gasteiger partial charge on any atom is -0.496 e. The molecule has 0 aliphatic rings. The van der Waals surface area contributed by atoms with E-state index in [1.807, 2.05) is 48.7 Å². The lowest BCUT2D eigenvalue weighted by Gasteiger charge is -2.12. The van der Waals surface area contributed by atoms with E-state index in [0.717, 1.165) is 50.4 Å². The van der Waals surface area contributed by atoms with Gasteiger partial charge in [-0.3, -0.25) is 14.8 Å². The van der Waals surface area contributed by atoms with E-state index in [2.05, 4.69) is 25.0 Å². The Morgan fingerprint density at radius 2 is 1.81 bits per heavy atom. The topological polar surface area (TPSA) is 126 Å². The Balaban J connectivity index is 1.51. The molecule has 9 nitrogen and oxygen atoms in total. The van der Waals surface area contributed by atoms with Crippen molar-refractivity contribution >= 4 is 37.7 Å². The lowest BCUT2D eigenvalue weighted by Crippen LogP contribution is -2.34. The van der Waals surface area contributed by atoms with E-state index >= 15 is 0 Å². The number of hydrogen-bond acceptors (Lipinski definition) is 6. The zero-order valence-electron chi connectivity index (χ0n) is 20.3. The highest BCUT2D eigenvalue weighted by Crippen LogP contribution is 2.41. The van der Waals surface area contributed by atoms with E-state index in [0.29, 0.717) is 11.3 Å². The molecule has 0 aliphatic carbocycles. The number of ether oxygens (including phenoxy) is 1.